The minimum Gasteiger partial charge on any atom is -0.497 e. The van der Waals surface area contributed by atoms with Crippen molar-refractivity contribution in [1.29, 1.82) is 0 Å². The molecule has 0 unspecified atom stereocenters. The molecule has 2 aromatic carbocycles. The van der Waals surface area contributed by atoms with Gasteiger partial charge in [0, 0.05) is 13.1 Å². The monoisotopic (exact) mass is 481 g/mol. The maximum absolute atomic E-state index is 13.4. The van der Waals surface area contributed by atoms with Gasteiger partial charge in [0.05, 0.1) is 42.0 Å². The number of hydrogen-bond donors (Lipinski definition) is 0. The van der Waals surface area contributed by atoms with Gasteiger partial charge in [0.2, 0.25) is 5.91 Å². The molecule has 9 heteroatoms. The molecule has 0 radical (unpaired) electrons. The summed E-state index contributed by atoms with van der Waals surface area (Å²) in [7, 11) is 1.58. The third-order valence-electron chi connectivity index (χ3n) is 5.79. The third-order valence-corrected chi connectivity index (χ3v) is 6.72. The summed E-state index contributed by atoms with van der Waals surface area (Å²) < 4.78 is 11.9. The van der Waals surface area contributed by atoms with Crippen LogP contribution < -0.4 is 10.3 Å². The lowest BCUT2D eigenvalue weighted by Crippen LogP contribution is -2.43. The van der Waals surface area contributed by atoms with Crippen LogP contribution in [0.15, 0.2) is 58.5 Å². The second-order valence-corrected chi connectivity index (χ2v) is 8.91. The number of rotatable bonds is 7. The van der Waals surface area contributed by atoms with Crippen molar-refractivity contribution in [2.45, 2.75) is 24.9 Å². The Balaban J connectivity index is 1.59. The molecule has 4 rings (SSSR count). The van der Waals surface area contributed by atoms with E-state index in [9.17, 15) is 14.4 Å². The van der Waals surface area contributed by atoms with Gasteiger partial charge < -0.3 is 14.4 Å². The highest BCUT2D eigenvalue weighted by Crippen LogP contribution is 2.24. The molecular weight excluding hydrogens is 454 g/mol. The van der Waals surface area contributed by atoms with E-state index in [-0.39, 0.29) is 29.1 Å². The average molecular weight is 482 g/mol. The molecule has 1 atom stereocenters. The van der Waals surface area contributed by atoms with Gasteiger partial charge in [-0.1, -0.05) is 23.9 Å². The second-order valence-electron chi connectivity index (χ2n) is 7.97. The number of likely N-dealkylation sites (tertiary alicyclic amines) is 1. The lowest BCUT2D eigenvalue weighted by molar-refractivity contribution is -0.151. The van der Waals surface area contributed by atoms with E-state index in [1.54, 1.807) is 61.4 Å². The molecule has 3 aromatic rings. The van der Waals surface area contributed by atoms with Gasteiger partial charge in [0.1, 0.15) is 5.75 Å². The molecular formula is C25H27N3O5S. The number of carbonyl (C=O) groups excluding carboxylic acids is 2. The van der Waals surface area contributed by atoms with Crippen molar-refractivity contribution in [3.8, 4) is 11.4 Å². The Bertz CT molecular complexity index is 1240. The Morgan fingerprint density at radius 1 is 1.15 bits per heavy atom. The van der Waals surface area contributed by atoms with Crippen molar-refractivity contribution in [3.05, 3.63) is 58.9 Å². The highest BCUT2D eigenvalue weighted by Gasteiger charge is 2.29. The summed E-state index contributed by atoms with van der Waals surface area (Å²) in [6.07, 6.45) is 1.48. The van der Waals surface area contributed by atoms with Crippen LogP contribution in [0.2, 0.25) is 0 Å². The quantitative estimate of drug-likeness (QED) is 0.291. The largest absolute Gasteiger partial charge is 0.497 e. The maximum Gasteiger partial charge on any atom is 0.310 e. The molecule has 178 valence electrons. The normalized spacial score (nSPS) is 15.8. The molecule has 0 spiro atoms. The van der Waals surface area contributed by atoms with Crippen molar-refractivity contribution < 1.29 is 19.1 Å². The van der Waals surface area contributed by atoms with Gasteiger partial charge in [-0.2, -0.15) is 0 Å². The fraction of sp³-hybridized carbons (Fsp3) is 0.360. The number of benzene rings is 2. The zero-order chi connectivity index (χ0) is 24.1. The zero-order valence-corrected chi connectivity index (χ0v) is 20.0. The molecule has 1 amide bonds. The summed E-state index contributed by atoms with van der Waals surface area (Å²) >= 11 is 1.22. The molecule has 2 heterocycles. The van der Waals surface area contributed by atoms with E-state index < -0.39 is 0 Å². The minimum absolute atomic E-state index is 0.0947. The molecule has 8 nitrogen and oxygen atoms in total. The van der Waals surface area contributed by atoms with Gasteiger partial charge in [-0.25, -0.2) is 4.98 Å². The molecule has 0 bridgehead atoms. The number of aromatic nitrogens is 2. The van der Waals surface area contributed by atoms with E-state index in [2.05, 4.69) is 4.98 Å². The minimum atomic E-state index is -0.293. The predicted octanol–water partition coefficient (Wildman–Crippen LogP) is 3.29. The molecule has 34 heavy (non-hydrogen) atoms. The molecule has 1 aromatic heterocycles. The topological polar surface area (TPSA) is 90.7 Å². The first-order chi connectivity index (χ1) is 16.5. The van der Waals surface area contributed by atoms with Crippen LogP contribution in [0.1, 0.15) is 19.8 Å². The summed E-state index contributed by atoms with van der Waals surface area (Å²) in [5, 5.41) is 0.934. The van der Waals surface area contributed by atoms with Crippen molar-refractivity contribution in [3.63, 3.8) is 0 Å². The number of fused-ring (bicyclic) bond motifs is 1. The molecule has 0 aliphatic carbocycles. The fourth-order valence-electron chi connectivity index (χ4n) is 4.04. The van der Waals surface area contributed by atoms with E-state index in [1.807, 2.05) is 6.07 Å². The Hall–Kier alpha value is -3.33. The van der Waals surface area contributed by atoms with Gasteiger partial charge >= 0.3 is 5.97 Å². The first kappa shape index (κ1) is 23.8. The van der Waals surface area contributed by atoms with Crippen LogP contribution in [0.25, 0.3) is 16.6 Å². The van der Waals surface area contributed by atoms with Crippen LogP contribution >= 0.6 is 11.8 Å². The fourth-order valence-corrected chi connectivity index (χ4v) is 4.96. The van der Waals surface area contributed by atoms with E-state index in [4.69, 9.17) is 9.47 Å². The van der Waals surface area contributed by atoms with Crippen LogP contribution in [0, 0.1) is 5.92 Å². The number of amides is 1. The zero-order valence-electron chi connectivity index (χ0n) is 19.2. The van der Waals surface area contributed by atoms with E-state index in [0.29, 0.717) is 47.2 Å². The molecule has 1 aliphatic rings. The number of piperidine rings is 1. The lowest BCUT2D eigenvalue weighted by atomic mass is 9.98. The van der Waals surface area contributed by atoms with Crippen LogP contribution in [0.5, 0.6) is 5.75 Å². The van der Waals surface area contributed by atoms with Crippen LogP contribution in [0.3, 0.4) is 0 Å². The SMILES string of the molecule is CCOC(=O)[C@@H]1CCCN(C(=O)CSc2nc3ccccc3c(=O)n2-c2ccc(OC)cc2)C1. The number of carbonyl (C=O) groups is 2. The highest BCUT2D eigenvalue weighted by atomic mass is 32.2. The molecule has 0 N–H and O–H groups in total. The average Bonchev–Trinajstić information content (AvgIpc) is 2.87. The van der Waals surface area contributed by atoms with Gasteiger partial charge in [-0.15, -0.1) is 0 Å². The van der Waals surface area contributed by atoms with E-state index >= 15 is 0 Å². The number of ether oxygens (including phenoxy) is 2. The summed E-state index contributed by atoms with van der Waals surface area (Å²) in [6.45, 7) is 3.06. The predicted molar refractivity (Wildman–Crippen MR) is 131 cm³/mol. The van der Waals surface area contributed by atoms with Crippen molar-refractivity contribution in [1.82, 2.24) is 14.5 Å². The first-order valence-electron chi connectivity index (χ1n) is 11.2. The summed E-state index contributed by atoms with van der Waals surface area (Å²) in [6, 6.07) is 14.3. The molecule has 1 fully saturated rings. The van der Waals surface area contributed by atoms with Crippen LogP contribution in [-0.4, -0.2) is 58.9 Å². The van der Waals surface area contributed by atoms with Gasteiger partial charge in [0.25, 0.3) is 5.56 Å². The standard InChI is InChI=1S/C25H27N3O5S/c1-3-33-24(31)17-7-6-14-27(15-17)22(29)16-34-25-26-21-9-5-4-8-20(21)23(30)28(25)18-10-12-19(32-2)13-11-18/h4-5,8-13,17H,3,6-7,14-16H2,1-2H3/t17-/m1/s1. The number of esters is 1. The first-order valence-corrected chi connectivity index (χ1v) is 12.2. The van der Waals surface area contributed by atoms with Gasteiger partial charge in [-0.05, 0) is 56.2 Å². The number of para-hydroxylation sites is 1. The van der Waals surface area contributed by atoms with E-state index in [0.717, 1.165) is 12.8 Å². The highest BCUT2D eigenvalue weighted by molar-refractivity contribution is 7.99. The molecule has 0 saturated carbocycles. The van der Waals surface area contributed by atoms with Gasteiger partial charge in [0.15, 0.2) is 5.16 Å². The molecule has 1 saturated heterocycles. The van der Waals surface area contributed by atoms with Crippen LogP contribution in [0.4, 0.5) is 0 Å². The van der Waals surface area contributed by atoms with Crippen molar-refractivity contribution >= 4 is 34.5 Å². The Morgan fingerprint density at radius 2 is 1.91 bits per heavy atom. The number of hydrogen-bond acceptors (Lipinski definition) is 7. The number of methoxy groups -OCH3 is 1. The van der Waals surface area contributed by atoms with Crippen LogP contribution in [-0.2, 0) is 14.3 Å². The number of thioether (sulfide) groups is 1. The van der Waals surface area contributed by atoms with Gasteiger partial charge in [-0.3, -0.25) is 19.0 Å². The second kappa shape index (κ2) is 10.7. The smallest absolute Gasteiger partial charge is 0.310 e. The summed E-state index contributed by atoms with van der Waals surface area (Å²) in [4.78, 5) is 44.9. The van der Waals surface area contributed by atoms with E-state index in [1.165, 1.54) is 16.3 Å². The Labute approximate surface area is 201 Å². The lowest BCUT2D eigenvalue weighted by Gasteiger charge is -2.31. The van der Waals surface area contributed by atoms with Crippen molar-refractivity contribution in [2.75, 3.05) is 32.6 Å². The third kappa shape index (κ3) is 5.09. The summed E-state index contributed by atoms with van der Waals surface area (Å²) in [5.41, 5.74) is 1.01. The maximum atomic E-state index is 13.4. The number of nitrogens with zero attached hydrogens (tertiary/aromatic N) is 3. The Morgan fingerprint density at radius 3 is 2.65 bits per heavy atom. The van der Waals surface area contributed by atoms with Crippen molar-refractivity contribution in [2.24, 2.45) is 5.92 Å². The Kier molecular flexibility index (Phi) is 7.52. The summed E-state index contributed by atoms with van der Waals surface area (Å²) in [5.74, 6) is 0.145. The molecule has 1 aliphatic heterocycles.